The fraction of sp³-hybridized carbons (Fsp3) is 0.192. The average Bonchev–Trinajstić information content (AvgIpc) is 3.27. The Morgan fingerprint density at radius 3 is 2.20 bits per heavy atom. The van der Waals surface area contributed by atoms with E-state index in [2.05, 4.69) is 10.1 Å². The number of sulfonamides is 1. The van der Waals surface area contributed by atoms with Crippen molar-refractivity contribution >= 4 is 15.9 Å². The number of aromatic nitrogens is 3. The van der Waals surface area contributed by atoms with Crippen LogP contribution in [0.4, 0.5) is 0 Å². The lowest BCUT2D eigenvalue weighted by molar-refractivity contribution is 0.0740. The Labute approximate surface area is 205 Å². The third kappa shape index (κ3) is 5.82. The van der Waals surface area contributed by atoms with Crippen molar-refractivity contribution in [3.8, 4) is 5.69 Å². The molecule has 0 spiro atoms. The van der Waals surface area contributed by atoms with Gasteiger partial charge in [0.05, 0.1) is 10.6 Å². The second-order valence-corrected chi connectivity index (χ2v) is 9.83. The molecule has 0 aliphatic rings. The SMILES string of the molecule is CCN(Cc1ccc(C)cc1)C(=O)c1nc(Cc2ccccc2)n(-c2ccc(S(N)(=O)=O)cc2)n1. The maximum atomic E-state index is 13.4. The van der Waals surface area contributed by atoms with Crippen LogP contribution in [0.25, 0.3) is 5.69 Å². The smallest absolute Gasteiger partial charge is 0.293 e. The number of benzene rings is 3. The number of hydrogen-bond acceptors (Lipinski definition) is 5. The molecule has 4 aromatic rings. The Bertz CT molecular complexity index is 1410. The van der Waals surface area contributed by atoms with Gasteiger partial charge in [0.2, 0.25) is 15.8 Å². The molecule has 0 aliphatic heterocycles. The molecule has 0 unspecified atom stereocenters. The van der Waals surface area contributed by atoms with Crippen molar-refractivity contribution in [1.29, 1.82) is 0 Å². The second kappa shape index (κ2) is 10.2. The summed E-state index contributed by atoms with van der Waals surface area (Å²) < 4.78 is 24.9. The number of rotatable bonds is 8. The van der Waals surface area contributed by atoms with Crippen molar-refractivity contribution in [2.75, 3.05) is 6.54 Å². The Morgan fingerprint density at radius 2 is 1.60 bits per heavy atom. The van der Waals surface area contributed by atoms with Crippen molar-refractivity contribution in [2.24, 2.45) is 5.14 Å². The molecule has 9 heteroatoms. The lowest BCUT2D eigenvalue weighted by atomic mass is 10.1. The van der Waals surface area contributed by atoms with Gasteiger partial charge >= 0.3 is 0 Å². The maximum Gasteiger partial charge on any atom is 0.293 e. The molecule has 0 saturated heterocycles. The first-order chi connectivity index (χ1) is 16.7. The number of primary sulfonamides is 1. The van der Waals surface area contributed by atoms with Crippen LogP contribution >= 0.6 is 0 Å². The maximum absolute atomic E-state index is 13.4. The van der Waals surface area contributed by atoms with Gasteiger partial charge in [0.15, 0.2) is 0 Å². The molecule has 8 nitrogen and oxygen atoms in total. The van der Waals surface area contributed by atoms with Crippen LogP contribution < -0.4 is 5.14 Å². The number of nitrogens with zero attached hydrogens (tertiary/aromatic N) is 4. The monoisotopic (exact) mass is 489 g/mol. The summed E-state index contributed by atoms with van der Waals surface area (Å²) in [5.41, 5.74) is 3.76. The average molecular weight is 490 g/mol. The van der Waals surface area contributed by atoms with Gasteiger partial charge in [-0.1, -0.05) is 60.2 Å². The molecule has 1 aromatic heterocycles. The van der Waals surface area contributed by atoms with Crippen LogP contribution in [0.1, 0.15) is 40.1 Å². The van der Waals surface area contributed by atoms with Crippen LogP contribution in [0.15, 0.2) is 83.8 Å². The van der Waals surface area contributed by atoms with Crippen molar-refractivity contribution in [2.45, 2.75) is 31.7 Å². The summed E-state index contributed by atoms with van der Waals surface area (Å²) in [4.78, 5) is 19.7. The van der Waals surface area contributed by atoms with Gasteiger partial charge in [0.1, 0.15) is 5.82 Å². The van der Waals surface area contributed by atoms with E-state index < -0.39 is 10.0 Å². The van der Waals surface area contributed by atoms with Crippen LogP contribution in [-0.2, 0) is 23.0 Å². The number of nitrogens with two attached hydrogens (primary N) is 1. The van der Waals surface area contributed by atoms with Crippen LogP contribution in [-0.4, -0.2) is 40.5 Å². The highest BCUT2D eigenvalue weighted by Gasteiger charge is 2.23. The van der Waals surface area contributed by atoms with Crippen molar-refractivity contribution in [3.63, 3.8) is 0 Å². The van der Waals surface area contributed by atoms with Gasteiger partial charge in [-0.25, -0.2) is 23.2 Å². The number of carbonyl (C=O) groups is 1. The lowest BCUT2D eigenvalue weighted by Crippen LogP contribution is -2.31. The first kappa shape index (κ1) is 24.3. The topological polar surface area (TPSA) is 111 Å². The van der Waals surface area contributed by atoms with E-state index in [1.54, 1.807) is 21.7 Å². The molecule has 0 bridgehead atoms. The van der Waals surface area contributed by atoms with Crippen LogP contribution in [0.3, 0.4) is 0 Å². The van der Waals surface area contributed by atoms with Crippen molar-refractivity contribution in [1.82, 2.24) is 19.7 Å². The lowest BCUT2D eigenvalue weighted by Gasteiger charge is -2.19. The van der Waals surface area contributed by atoms with Gasteiger partial charge in [-0.05, 0) is 49.2 Å². The molecular formula is C26H27N5O3S. The molecule has 1 amide bonds. The van der Waals surface area contributed by atoms with Crippen LogP contribution in [0, 0.1) is 6.92 Å². The zero-order valence-corrected chi connectivity index (χ0v) is 20.4. The van der Waals surface area contributed by atoms with E-state index in [0.29, 0.717) is 31.0 Å². The molecule has 180 valence electrons. The van der Waals surface area contributed by atoms with Crippen molar-refractivity contribution in [3.05, 3.63) is 107 Å². The minimum absolute atomic E-state index is 0.00229. The molecule has 0 atom stereocenters. The first-order valence-electron chi connectivity index (χ1n) is 11.2. The van der Waals surface area contributed by atoms with Gasteiger partial charge in [-0.2, -0.15) is 0 Å². The standard InChI is InChI=1S/C26H27N5O3S/c1-3-30(18-21-11-9-19(2)10-12-21)26(32)25-28-24(17-20-7-5-4-6-8-20)31(29-25)22-13-15-23(16-14-22)35(27,33)34/h4-16H,3,17-18H2,1-2H3,(H2,27,33,34). The summed E-state index contributed by atoms with van der Waals surface area (Å²) in [6, 6.07) is 23.8. The van der Waals surface area contributed by atoms with Crippen LogP contribution in [0.2, 0.25) is 0 Å². The summed E-state index contributed by atoms with van der Waals surface area (Å²) >= 11 is 0. The number of amides is 1. The fourth-order valence-electron chi connectivity index (χ4n) is 3.69. The number of hydrogen-bond donors (Lipinski definition) is 1. The minimum atomic E-state index is -3.82. The molecule has 0 aliphatic carbocycles. The number of aryl methyl sites for hydroxylation is 1. The molecule has 0 radical (unpaired) electrons. The Hall–Kier alpha value is -3.82. The molecule has 2 N–H and O–H groups in total. The van der Waals surface area contributed by atoms with Gasteiger partial charge in [-0.15, -0.1) is 5.10 Å². The third-order valence-electron chi connectivity index (χ3n) is 5.64. The zero-order chi connectivity index (χ0) is 25.0. The predicted molar refractivity (Wildman–Crippen MR) is 134 cm³/mol. The Kier molecular flexibility index (Phi) is 7.09. The largest absolute Gasteiger partial charge is 0.332 e. The second-order valence-electron chi connectivity index (χ2n) is 8.27. The van der Waals surface area contributed by atoms with E-state index in [4.69, 9.17) is 5.14 Å². The van der Waals surface area contributed by atoms with Gasteiger partial charge in [-0.3, -0.25) is 4.79 Å². The summed E-state index contributed by atoms with van der Waals surface area (Å²) in [6.45, 7) is 4.88. The highest BCUT2D eigenvalue weighted by atomic mass is 32.2. The van der Waals surface area contributed by atoms with E-state index in [1.165, 1.54) is 12.1 Å². The first-order valence-corrected chi connectivity index (χ1v) is 12.8. The molecule has 0 saturated carbocycles. The van der Waals surface area contributed by atoms with E-state index in [-0.39, 0.29) is 16.6 Å². The normalized spacial score (nSPS) is 11.4. The highest BCUT2D eigenvalue weighted by Crippen LogP contribution is 2.18. The quantitative estimate of drug-likeness (QED) is 0.407. The highest BCUT2D eigenvalue weighted by molar-refractivity contribution is 7.89. The van der Waals surface area contributed by atoms with E-state index in [9.17, 15) is 13.2 Å². The van der Waals surface area contributed by atoms with E-state index >= 15 is 0 Å². The molecule has 35 heavy (non-hydrogen) atoms. The Balaban J connectivity index is 1.69. The predicted octanol–water partition coefficient (Wildman–Crippen LogP) is 3.48. The van der Waals surface area contributed by atoms with Gasteiger partial charge in [0, 0.05) is 19.5 Å². The van der Waals surface area contributed by atoms with Crippen LogP contribution in [0.5, 0.6) is 0 Å². The molecule has 4 rings (SSSR count). The minimum Gasteiger partial charge on any atom is -0.332 e. The van der Waals surface area contributed by atoms with E-state index in [1.807, 2.05) is 68.4 Å². The third-order valence-corrected chi connectivity index (χ3v) is 6.57. The molecule has 1 heterocycles. The number of carbonyl (C=O) groups excluding carboxylic acids is 1. The Morgan fingerprint density at radius 1 is 0.943 bits per heavy atom. The fourth-order valence-corrected chi connectivity index (χ4v) is 4.21. The van der Waals surface area contributed by atoms with Gasteiger partial charge in [0.25, 0.3) is 5.91 Å². The molecule has 3 aromatic carbocycles. The van der Waals surface area contributed by atoms with Gasteiger partial charge < -0.3 is 4.90 Å². The van der Waals surface area contributed by atoms with E-state index in [0.717, 1.165) is 16.7 Å². The molecular weight excluding hydrogens is 462 g/mol. The zero-order valence-electron chi connectivity index (χ0n) is 19.6. The summed E-state index contributed by atoms with van der Waals surface area (Å²) in [5, 5.41) is 9.76. The molecule has 0 fully saturated rings. The summed E-state index contributed by atoms with van der Waals surface area (Å²) in [7, 11) is -3.82. The van der Waals surface area contributed by atoms with Crippen molar-refractivity contribution < 1.29 is 13.2 Å². The summed E-state index contributed by atoms with van der Waals surface area (Å²) in [5.74, 6) is 0.372. The summed E-state index contributed by atoms with van der Waals surface area (Å²) in [6.07, 6.45) is 0.447.